The van der Waals surface area contributed by atoms with Gasteiger partial charge in [-0.2, -0.15) is 4.98 Å². The molecule has 206 valence electrons. The summed E-state index contributed by atoms with van der Waals surface area (Å²) >= 11 is 1.59. The summed E-state index contributed by atoms with van der Waals surface area (Å²) in [4.78, 5) is 21.4. The quantitative estimate of drug-likeness (QED) is 0.196. The minimum Gasteiger partial charge on any atom is -0.334 e. The number of sulfonamides is 1. The molecule has 0 aliphatic carbocycles. The third kappa shape index (κ3) is 6.09. The fourth-order valence-corrected chi connectivity index (χ4v) is 5.95. The van der Waals surface area contributed by atoms with Gasteiger partial charge >= 0.3 is 0 Å². The first-order valence-electron chi connectivity index (χ1n) is 12.8. The van der Waals surface area contributed by atoms with Gasteiger partial charge in [0, 0.05) is 33.7 Å². The van der Waals surface area contributed by atoms with Crippen molar-refractivity contribution in [2.45, 2.75) is 4.90 Å². The highest BCUT2D eigenvalue weighted by molar-refractivity contribution is 7.90. The van der Waals surface area contributed by atoms with Gasteiger partial charge in [-0.05, 0) is 29.8 Å². The second-order valence-electron chi connectivity index (χ2n) is 9.15. The van der Waals surface area contributed by atoms with Crippen LogP contribution >= 0.6 is 11.3 Å². The molecule has 6 rings (SSSR count). The zero-order chi connectivity index (χ0) is 28.9. The van der Waals surface area contributed by atoms with Crippen LogP contribution in [0.2, 0.25) is 0 Å². The van der Waals surface area contributed by atoms with Crippen LogP contribution in [0, 0.1) is 0 Å². The first-order valence-corrected chi connectivity index (χ1v) is 15.2. The van der Waals surface area contributed by atoms with Gasteiger partial charge in [0.25, 0.3) is 21.8 Å². The summed E-state index contributed by atoms with van der Waals surface area (Å²) in [5.74, 6) is -0.262. The molecule has 2 aromatic heterocycles. The van der Waals surface area contributed by atoms with Crippen LogP contribution in [0.25, 0.3) is 50.7 Å². The van der Waals surface area contributed by atoms with Crippen LogP contribution < -0.4 is 4.72 Å². The summed E-state index contributed by atoms with van der Waals surface area (Å²) in [7, 11) is -4.13. The fourth-order valence-electron chi connectivity index (χ4n) is 4.13. The van der Waals surface area contributed by atoms with Crippen LogP contribution in [-0.4, -0.2) is 29.4 Å². The number of nitrogens with zero attached hydrogens (tertiary/aromatic N) is 3. The summed E-state index contributed by atoms with van der Waals surface area (Å²) in [6.45, 7) is 0. The van der Waals surface area contributed by atoms with Gasteiger partial charge in [0.2, 0.25) is 5.82 Å². The number of benzene rings is 4. The van der Waals surface area contributed by atoms with Gasteiger partial charge in [-0.25, -0.2) is 18.1 Å². The maximum atomic E-state index is 12.9. The number of carbonyl (C=O) groups is 1. The number of rotatable bonds is 8. The maximum Gasteiger partial charge on any atom is 0.264 e. The second-order valence-corrected chi connectivity index (χ2v) is 11.7. The minimum absolute atomic E-state index is 0.108. The lowest BCUT2D eigenvalue weighted by Crippen LogP contribution is -2.28. The zero-order valence-electron chi connectivity index (χ0n) is 21.9. The molecule has 10 heteroatoms. The van der Waals surface area contributed by atoms with E-state index in [9.17, 15) is 13.2 Å². The van der Waals surface area contributed by atoms with E-state index in [0.717, 1.165) is 33.0 Å². The maximum absolute atomic E-state index is 12.9. The summed E-state index contributed by atoms with van der Waals surface area (Å²) in [6, 6.07) is 32.7. The van der Waals surface area contributed by atoms with Gasteiger partial charge in [0.1, 0.15) is 5.01 Å². The lowest BCUT2D eigenvalue weighted by molar-refractivity contribution is -0.114. The van der Waals surface area contributed by atoms with E-state index < -0.39 is 15.9 Å². The molecule has 0 aliphatic rings. The minimum atomic E-state index is -4.13. The Morgan fingerprint density at radius 2 is 1.45 bits per heavy atom. The Labute approximate surface area is 246 Å². The van der Waals surface area contributed by atoms with Crippen molar-refractivity contribution in [2.24, 2.45) is 0 Å². The highest BCUT2D eigenvalue weighted by Crippen LogP contribution is 2.30. The summed E-state index contributed by atoms with van der Waals surface area (Å²) in [5.41, 5.74) is 4.81. The summed E-state index contributed by atoms with van der Waals surface area (Å²) < 4.78 is 33.2. The standard InChI is InChI=1S/C32H22N4O4S2/c37-29(19-14-22-8-3-1-4-9-22)36-42(38,39)27-13-7-12-26(20-27)31-34-30(35-40-31)24-17-15-23(16-18-24)28-21-41-32(33-28)25-10-5-2-6-11-25/h1-21H,(H,36,37). The molecule has 0 unspecified atom stereocenters. The van der Waals surface area contributed by atoms with E-state index in [1.54, 1.807) is 35.6 Å². The van der Waals surface area contributed by atoms with Crippen molar-refractivity contribution in [3.63, 3.8) is 0 Å². The Morgan fingerprint density at radius 1 is 0.762 bits per heavy atom. The van der Waals surface area contributed by atoms with E-state index in [0.29, 0.717) is 11.4 Å². The van der Waals surface area contributed by atoms with Gasteiger partial charge in [0.15, 0.2) is 0 Å². The summed E-state index contributed by atoms with van der Waals surface area (Å²) in [5, 5.41) is 7.04. The Bertz CT molecular complexity index is 1980. The molecule has 0 radical (unpaired) electrons. The highest BCUT2D eigenvalue weighted by Gasteiger charge is 2.19. The number of hydrogen-bond donors (Lipinski definition) is 1. The molecule has 8 nitrogen and oxygen atoms in total. The average molecular weight is 591 g/mol. The van der Waals surface area contributed by atoms with Crippen LogP contribution in [0.4, 0.5) is 0 Å². The van der Waals surface area contributed by atoms with E-state index >= 15 is 0 Å². The molecule has 0 saturated heterocycles. The average Bonchev–Trinajstić information content (AvgIpc) is 3.72. The number of hydrogen-bond acceptors (Lipinski definition) is 8. The molecule has 6 aromatic rings. The van der Waals surface area contributed by atoms with Gasteiger partial charge in [-0.1, -0.05) is 96.2 Å². The Hall–Kier alpha value is -5.19. The Morgan fingerprint density at radius 3 is 2.21 bits per heavy atom. The van der Waals surface area contributed by atoms with Crippen LogP contribution in [-0.2, 0) is 14.8 Å². The smallest absolute Gasteiger partial charge is 0.264 e. The van der Waals surface area contributed by atoms with Crippen molar-refractivity contribution in [1.29, 1.82) is 0 Å². The molecular weight excluding hydrogens is 569 g/mol. The van der Waals surface area contributed by atoms with Crippen molar-refractivity contribution in [1.82, 2.24) is 19.8 Å². The second kappa shape index (κ2) is 11.7. The molecule has 1 N–H and O–H groups in total. The number of nitrogens with one attached hydrogen (secondary N) is 1. The SMILES string of the molecule is O=C(C=Cc1ccccc1)NS(=O)(=O)c1cccc(-c2nc(-c3ccc(-c4csc(-c5ccccc5)n4)cc3)no2)c1. The number of amides is 1. The zero-order valence-corrected chi connectivity index (χ0v) is 23.5. The predicted octanol–water partition coefficient (Wildman–Crippen LogP) is 6.71. The Kier molecular flexibility index (Phi) is 7.54. The molecule has 0 spiro atoms. The molecular formula is C32H22N4O4S2. The van der Waals surface area contributed by atoms with Gasteiger partial charge < -0.3 is 4.52 Å². The monoisotopic (exact) mass is 590 g/mol. The topological polar surface area (TPSA) is 115 Å². The van der Waals surface area contributed by atoms with Crippen LogP contribution in [0.5, 0.6) is 0 Å². The Balaban J connectivity index is 1.16. The van der Waals surface area contributed by atoms with E-state index in [1.807, 2.05) is 78.2 Å². The fraction of sp³-hybridized carbons (Fsp3) is 0. The van der Waals surface area contributed by atoms with Crippen molar-refractivity contribution < 1.29 is 17.7 Å². The van der Waals surface area contributed by atoms with Crippen LogP contribution in [0.3, 0.4) is 0 Å². The summed E-state index contributed by atoms with van der Waals surface area (Å²) in [6.07, 6.45) is 2.70. The third-order valence-electron chi connectivity index (χ3n) is 6.24. The van der Waals surface area contributed by atoms with E-state index in [1.165, 1.54) is 24.3 Å². The van der Waals surface area contributed by atoms with E-state index in [4.69, 9.17) is 9.51 Å². The lowest BCUT2D eigenvalue weighted by Gasteiger charge is -2.05. The van der Waals surface area contributed by atoms with Gasteiger partial charge in [-0.3, -0.25) is 4.79 Å². The normalized spacial score (nSPS) is 11.5. The van der Waals surface area contributed by atoms with Crippen molar-refractivity contribution >= 4 is 33.3 Å². The molecule has 0 atom stereocenters. The van der Waals surface area contributed by atoms with Crippen molar-refractivity contribution in [3.05, 3.63) is 126 Å². The van der Waals surface area contributed by atoms with Crippen molar-refractivity contribution in [2.75, 3.05) is 0 Å². The van der Waals surface area contributed by atoms with Crippen molar-refractivity contribution in [3.8, 4) is 44.7 Å². The molecule has 0 fully saturated rings. The molecule has 1 amide bonds. The van der Waals surface area contributed by atoms with Gasteiger partial charge in [-0.15, -0.1) is 11.3 Å². The largest absolute Gasteiger partial charge is 0.334 e. The van der Waals surface area contributed by atoms with Gasteiger partial charge in [0.05, 0.1) is 10.6 Å². The number of carbonyl (C=O) groups excluding carboxylic acids is 1. The molecule has 0 aliphatic heterocycles. The molecule has 4 aromatic carbocycles. The number of aromatic nitrogens is 3. The van der Waals surface area contributed by atoms with Crippen LogP contribution in [0.15, 0.2) is 130 Å². The highest BCUT2D eigenvalue weighted by atomic mass is 32.2. The molecule has 0 saturated carbocycles. The first-order chi connectivity index (χ1) is 20.4. The molecule has 0 bridgehead atoms. The lowest BCUT2D eigenvalue weighted by atomic mass is 10.1. The first kappa shape index (κ1) is 27.0. The van der Waals surface area contributed by atoms with Crippen LogP contribution in [0.1, 0.15) is 5.56 Å². The number of thiazole rings is 1. The third-order valence-corrected chi connectivity index (χ3v) is 8.48. The predicted molar refractivity (Wildman–Crippen MR) is 163 cm³/mol. The van der Waals surface area contributed by atoms with E-state index in [2.05, 4.69) is 14.9 Å². The molecule has 2 heterocycles. The molecule has 42 heavy (non-hydrogen) atoms. The van der Waals surface area contributed by atoms with E-state index in [-0.39, 0.29) is 10.8 Å².